The summed E-state index contributed by atoms with van der Waals surface area (Å²) >= 11 is 13.0. The van der Waals surface area contributed by atoms with E-state index in [1.807, 2.05) is 75.4 Å². The molecule has 190 valence electrons. The van der Waals surface area contributed by atoms with Crippen LogP contribution in [-0.4, -0.2) is 35.4 Å². The SMILES string of the molecule is COc1ccc(CC(=O)N(Cc2c(Cl)cccc2Cl)[C@H](Cc2ccccc2)C(=O)NC(C)(C)C)cc1. The molecule has 0 heterocycles. The second-order valence-corrected chi connectivity index (χ2v) is 10.5. The van der Waals surface area contributed by atoms with Crippen LogP contribution in [-0.2, 0) is 29.0 Å². The maximum absolute atomic E-state index is 13.8. The minimum absolute atomic E-state index is 0.0998. The summed E-state index contributed by atoms with van der Waals surface area (Å²) in [5.74, 6) is 0.260. The number of nitrogens with zero attached hydrogens (tertiary/aromatic N) is 1. The van der Waals surface area contributed by atoms with Gasteiger partial charge in [0.2, 0.25) is 11.8 Å². The molecule has 0 aliphatic heterocycles. The molecule has 3 rings (SSSR count). The van der Waals surface area contributed by atoms with Crippen LogP contribution in [0.5, 0.6) is 5.75 Å². The summed E-state index contributed by atoms with van der Waals surface area (Å²) in [6.45, 7) is 5.85. The van der Waals surface area contributed by atoms with Gasteiger partial charge in [0, 0.05) is 34.1 Å². The summed E-state index contributed by atoms with van der Waals surface area (Å²) in [5, 5.41) is 3.94. The molecular formula is C29H32Cl2N2O3. The van der Waals surface area contributed by atoms with Gasteiger partial charge in [0.1, 0.15) is 11.8 Å². The standard InChI is InChI=1S/C29H32Cl2N2O3/c1-29(2,3)32-28(35)26(17-20-9-6-5-7-10-20)33(19-23-24(30)11-8-12-25(23)31)27(34)18-21-13-15-22(36-4)16-14-21/h5-16,26H,17-19H2,1-4H3,(H,32,35)/t26-/m1/s1. The van der Waals surface area contributed by atoms with E-state index in [9.17, 15) is 9.59 Å². The van der Waals surface area contributed by atoms with Gasteiger partial charge in [0.15, 0.2) is 0 Å². The van der Waals surface area contributed by atoms with Gasteiger partial charge in [-0.3, -0.25) is 9.59 Å². The van der Waals surface area contributed by atoms with E-state index in [1.165, 1.54) is 0 Å². The normalized spacial score (nSPS) is 12.1. The molecular weight excluding hydrogens is 495 g/mol. The fraction of sp³-hybridized carbons (Fsp3) is 0.310. The van der Waals surface area contributed by atoms with Crippen LogP contribution in [0, 0.1) is 0 Å². The average molecular weight is 527 g/mol. The molecule has 2 amide bonds. The molecule has 3 aromatic carbocycles. The van der Waals surface area contributed by atoms with E-state index in [2.05, 4.69) is 5.32 Å². The van der Waals surface area contributed by atoms with Crippen molar-refractivity contribution < 1.29 is 14.3 Å². The zero-order chi connectivity index (χ0) is 26.3. The first-order valence-corrected chi connectivity index (χ1v) is 12.5. The second-order valence-electron chi connectivity index (χ2n) is 9.69. The molecule has 0 unspecified atom stereocenters. The van der Waals surface area contributed by atoms with Gasteiger partial charge >= 0.3 is 0 Å². The van der Waals surface area contributed by atoms with Crippen molar-refractivity contribution in [2.24, 2.45) is 0 Å². The Balaban J connectivity index is 2.02. The number of nitrogens with one attached hydrogen (secondary N) is 1. The molecule has 3 aromatic rings. The van der Waals surface area contributed by atoms with E-state index in [-0.39, 0.29) is 24.8 Å². The van der Waals surface area contributed by atoms with Crippen LogP contribution in [0.15, 0.2) is 72.8 Å². The van der Waals surface area contributed by atoms with Gasteiger partial charge in [0.25, 0.3) is 0 Å². The molecule has 0 radical (unpaired) electrons. The van der Waals surface area contributed by atoms with Crippen LogP contribution in [0.3, 0.4) is 0 Å². The number of methoxy groups -OCH3 is 1. The maximum atomic E-state index is 13.8. The molecule has 5 nitrogen and oxygen atoms in total. The molecule has 0 aliphatic rings. The molecule has 0 saturated carbocycles. The number of hydrogen-bond acceptors (Lipinski definition) is 3. The topological polar surface area (TPSA) is 58.6 Å². The Labute approximate surface area is 223 Å². The molecule has 0 bridgehead atoms. The fourth-order valence-electron chi connectivity index (χ4n) is 3.88. The highest BCUT2D eigenvalue weighted by Gasteiger charge is 2.33. The molecule has 0 aromatic heterocycles. The number of hydrogen-bond donors (Lipinski definition) is 1. The molecule has 0 spiro atoms. The van der Waals surface area contributed by atoms with Crippen molar-refractivity contribution in [3.63, 3.8) is 0 Å². The lowest BCUT2D eigenvalue weighted by atomic mass is 9.99. The van der Waals surface area contributed by atoms with Crippen LogP contribution >= 0.6 is 23.2 Å². The molecule has 1 atom stereocenters. The van der Waals surface area contributed by atoms with Crippen molar-refractivity contribution in [3.8, 4) is 5.75 Å². The zero-order valence-electron chi connectivity index (χ0n) is 21.1. The number of rotatable bonds is 9. The lowest BCUT2D eigenvalue weighted by Gasteiger charge is -2.34. The molecule has 7 heteroatoms. The number of carbonyl (C=O) groups excluding carboxylic acids is 2. The number of carbonyl (C=O) groups is 2. The third-order valence-corrected chi connectivity index (χ3v) is 6.38. The highest BCUT2D eigenvalue weighted by Crippen LogP contribution is 2.28. The van der Waals surface area contributed by atoms with Crippen LogP contribution in [0.2, 0.25) is 10.0 Å². The number of benzene rings is 3. The van der Waals surface area contributed by atoms with Gasteiger partial charge in [0.05, 0.1) is 13.5 Å². The third kappa shape index (κ3) is 7.74. The number of amides is 2. The van der Waals surface area contributed by atoms with Gasteiger partial charge < -0.3 is 15.0 Å². The summed E-state index contributed by atoms with van der Waals surface area (Å²) in [7, 11) is 1.59. The first kappa shape index (κ1) is 27.6. The smallest absolute Gasteiger partial charge is 0.243 e. The molecule has 1 N–H and O–H groups in total. The number of ether oxygens (including phenoxy) is 1. The maximum Gasteiger partial charge on any atom is 0.243 e. The molecule has 36 heavy (non-hydrogen) atoms. The van der Waals surface area contributed by atoms with E-state index in [0.29, 0.717) is 27.8 Å². The Morgan fingerprint density at radius 3 is 2.06 bits per heavy atom. The van der Waals surface area contributed by atoms with E-state index in [4.69, 9.17) is 27.9 Å². The quantitative estimate of drug-likeness (QED) is 0.366. The van der Waals surface area contributed by atoms with Crippen LogP contribution < -0.4 is 10.1 Å². The van der Waals surface area contributed by atoms with Crippen molar-refractivity contribution in [2.45, 2.75) is 51.7 Å². The van der Waals surface area contributed by atoms with Gasteiger partial charge in [-0.1, -0.05) is 71.7 Å². The van der Waals surface area contributed by atoms with Crippen LogP contribution in [0.1, 0.15) is 37.5 Å². The predicted molar refractivity (Wildman–Crippen MR) is 146 cm³/mol. The third-order valence-electron chi connectivity index (χ3n) is 5.67. The average Bonchev–Trinajstić information content (AvgIpc) is 2.83. The highest BCUT2D eigenvalue weighted by atomic mass is 35.5. The van der Waals surface area contributed by atoms with E-state index >= 15 is 0 Å². The van der Waals surface area contributed by atoms with Crippen molar-refractivity contribution in [3.05, 3.63) is 99.5 Å². The minimum Gasteiger partial charge on any atom is -0.497 e. The summed E-state index contributed by atoms with van der Waals surface area (Å²) in [6.07, 6.45) is 0.458. The predicted octanol–water partition coefficient (Wildman–Crippen LogP) is 6.10. The van der Waals surface area contributed by atoms with Crippen molar-refractivity contribution in [1.82, 2.24) is 10.2 Å². The Hall–Kier alpha value is -3.02. The van der Waals surface area contributed by atoms with Crippen molar-refractivity contribution in [2.75, 3.05) is 7.11 Å². The van der Waals surface area contributed by atoms with Crippen LogP contribution in [0.25, 0.3) is 0 Å². The summed E-state index contributed by atoms with van der Waals surface area (Å²) < 4.78 is 5.23. The van der Waals surface area contributed by atoms with Gasteiger partial charge in [-0.15, -0.1) is 0 Å². The first-order chi connectivity index (χ1) is 17.1. The molecule has 0 fully saturated rings. The molecule has 0 saturated heterocycles. The fourth-order valence-corrected chi connectivity index (χ4v) is 4.40. The first-order valence-electron chi connectivity index (χ1n) is 11.8. The largest absolute Gasteiger partial charge is 0.497 e. The Bertz CT molecular complexity index is 1160. The van der Waals surface area contributed by atoms with E-state index < -0.39 is 11.6 Å². The Morgan fingerprint density at radius 2 is 1.50 bits per heavy atom. The zero-order valence-corrected chi connectivity index (χ0v) is 22.6. The van der Waals surface area contributed by atoms with Crippen LogP contribution in [0.4, 0.5) is 0 Å². The van der Waals surface area contributed by atoms with Gasteiger partial charge in [-0.2, -0.15) is 0 Å². The number of halogens is 2. The lowest BCUT2D eigenvalue weighted by Crippen LogP contribution is -2.54. The van der Waals surface area contributed by atoms with E-state index in [0.717, 1.165) is 11.1 Å². The van der Waals surface area contributed by atoms with Gasteiger partial charge in [-0.05, 0) is 56.2 Å². The summed E-state index contributed by atoms with van der Waals surface area (Å²) in [6, 6.07) is 21.4. The Morgan fingerprint density at radius 1 is 0.889 bits per heavy atom. The lowest BCUT2D eigenvalue weighted by molar-refractivity contribution is -0.141. The van der Waals surface area contributed by atoms with Crippen molar-refractivity contribution >= 4 is 35.0 Å². The van der Waals surface area contributed by atoms with Gasteiger partial charge in [-0.25, -0.2) is 0 Å². The Kier molecular flexibility index (Phi) is 9.41. The van der Waals surface area contributed by atoms with Crippen molar-refractivity contribution in [1.29, 1.82) is 0 Å². The summed E-state index contributed by atoms with van der Waals surface area (Å²) in [4.78, 5) is 29.0. The molecule has 0 aliphatic carbocycles. The second kappa shape index (κ2) is 12.3. The van der Waals surface area contributed by atoms with E-state index in [1.54, 1.807) is 30.2 Å². The minimum atomic E-state index is -0.773. The highest BCUT2D eigenvalue weighted by molar-refractivity contribution is 6.36. The monoisotopic (exact) mass is 526 g/mol. The summed E-state index contributed by atoms with van der Waals surface area (Å²) in [5.41, 5.74) is 1.88.